The highest BCUT2D eigenvalue weighted by Gasteiger charge is 2.24. The van der Waals surface area contributed by atoms with Crippen molar-refractivity contribution in [3.05, 3.63) is 36.4 Å². The fraction of sp³-hybridized carbons (Fsp3) is 0.421. The molecule has 152 valence electrons. The number of anilines is 1. The van der Waals surface area contributed by atoms with Crippen LogP contribution in [0.3, 0.4) is 0 Å². The van der Waals surface area contributed by atoms with E-state index in [9.17, 15) is 14.4 Å². The van der Waals surface area contributed by atoms with Crippen molar-refractivity contribution in [3.8, 4) is 0 Å². The first-order chi connectivity index (χ1) is 13.7. The van der Waals surface area contributed by atoms with Gasteiger partial charge in [-0.15, -0.1) is 0 Å². The molecule has 0 aliphatic carbocycles. The van der Waals surface area contributed by atoms with E-state index < -0.39 is 0 Å². The van der Waals surface area contributed by atoms with E-state index in [1.165, 1.54) is 24.1 Å². The molecule has 1 aromatic rings. The molecule has 0 saturated carbocycles. The molecular weight excluding hydrogens is 384 g/mol. The molecule has 0 aromatic heterocycles. The Hall–Kier alpha value is -2.04. The molecule has 1 aliphatic rings. The number of rotatable bonds is 15. The number of hydrogen-bond donors (Lipinski definition) is 1. The van der Waals surface area contributed by atoms with E-state index in [4.69, 9.17) is 14.2 Å². The van der Waals surface area contributed by atoms with Gasteiger partial charge in [-0.1, -0.05) is 0 Å². The SMILES string of the molecule is O=CCCOCCOCCOCCNSc1ccc(N2C(=O)C=CC2=O)cc1. The third kappa shape index (κ3) is 7.91. The second kappa shape index (κ2) is 13.2. The van der Waals surface area contributed by atoms with Crippen LogP contribution in [0.2, 0.25) is 0 Å². The lowest BCUT2D eigenvalue weighted by molar-refractivity contribution is -0.120. The van der Waals surface area contributed by atoms with E-state index >= 15 is 0 Å². The van der Waals surface area contributed by atoms with Crippen LogP contribution in [0.5, 0.6) is 0 Å². The molecule has 1 aromatic carbocycles. The molecule has 8 nitrogen and oxygen atoms in total. The standard InChI is InChI=1S/C19H24N2O6S/c22-9-1-10-25-12-14-27-15-13-26-11-8-20-28-17-4-2-16(3-5-17)21-18(23)6-7-19(21)24/h2-7,9,20H,1,8,10-15H2. The Balaban J connectivity index is 1.47. The summed E-state index contributed by atoms with van der Waals surface area (Å²) in [6.45, 7) is 3.59. The lowest BCUT2D eigenvalue weighted by Crippen LogP contribution is -2.29. The summed E-state index contributed by atoms with van der Waals surface area (Å²) in [7, 11) is 0. The van der Waals surface area contributed by atoms with Gasteiger partial charge in [-0.05, 0) is 36.2 Å². The molecule has 0 atom stereocenters. The first-order valence-corrected chi connectivity index (χ1v) is 9.77. The van der Waals surface area contributed by atoms with Crippen LogP contribution in [0, 0.1) is 0 Å². The monoisotopic (exact) mass is 408 g/mol. The summed E-state index contributed by atoms with van der Waals surface area (Å²) in [5, 5.41) is 0. The number of carbonyl (C=O) groups excluding carboxylic acids is 3. The summed E-state index contributed by atoms with van der Waals surface area (Å²) in [4.78, 5) is 35.5. The first kappa shape index (κ1) is 22.3. The molecule has 1 aliphatic heterocycles. The van der Waals surface area contributed by atoms with Crippen LogP contribution in [-0.2, 0) is 28.6 Å². The number of aldehydes is 1. The van der Waals surface area contributed by atoms with Gasteiger partial charge in [-0.25, -0.2) is 4.90 Å². The van der Waals surface area contributed by atoms with Crippen molar-refractivity contribution in [2.75, 3.05) is 51.1 Å². The van der Waals surface area contributed by atoms with Gasteiger partial charge in [0.05, 0.1) is 45.3 Å². The van der Waals surface area contributed by atoms with Crippen LogP contribution < -0.4 is 9.62 Å². The third-order valence-electron chi connectivity index (χ3n) is 3.57. The number of hydrogen-bond acceptors (Lipinski definition) is 8. The highest BCUT2D eigenvalue weighted by atomic mass is 32.2. The molecular formula is C19H24N2O6S. The number of ether oxygens (including phenoxy) is 3. The molecule has 28 heavy (non-hydrogen) atoms. The van der Waals surface area contributed by atoms with E-state index in [0.717, 1.165) is 16.1 Å². The van der Waals surface area contributed by atoms with E-state index in [-0.39, 0.29) is 11.8 Å². The van der Waals surface area contributed by atoms with Crippen LogP contribution in [0.4, 0.5) is 5.69 Å². The molecule has 9 heteroatoms. The van der Waals surface area contributed by atoms with E-state index in [1.807, 2.05) is 12.1 Å². The fourth-order valence-corrected chi connectivity index (χ4v) is 2.86. The summed E-state index contributed by atoms with van der Waals surface area (Å²) in [5.74, 6) is -0.648. The van der Waals surface area contributed by atoms with Crippen molar-refractivity contribution in [1.29, 1.82) is 0 Å². The van der Waals surface area contributed by atoms with Crippen LogP contribution >= 0.6 is 11.9 Å². The van der Waals surface area contributed by atoms with Gasteiger partial charge in [0, 0.05) is 30.0 Å². The average molecular weight is 408 g/mol. The highest BCUT2D eigenvalue weighted by molar-refractivity contribution is 7.97. The number of nitrogens with one attached hydrogen (secondary N) is 1. The van der Waals surface area contributed by atoms with Gasteiger partial charge in [0.1, 0.15) is 6.29 Å². The Labute approximate surface area is 168 Å². The Kier molecular flexibility index (Phi) is 10.5. The molecule has 0 fully saturated rings. The molecule has 1 heterocycles. The maximum atomic E-state index is 11.6. The van der Waals surface area contributed by atoms with Crippen molar-refractivity contribution in [2.45, 2.75) is 11.3 Å². The second-order valence-electron chi connectivity index (χ2n) is 5.63. The van der Waals surface area contributed by atoms with Gasteiger partial charge < -0.3 is 19.0 Å². The zero-order chi connectivity index (χ0) is 20.0. The topological polar surface area (TPSA) is 94.2 Å². The van der Waals surface area contributed by atoms with E-state index in [2.05, 4.69) is 4.72 Å². The normalized spacial score (nSPS) is 13.5. The van der Waals surface area contributed by atoms with Crippen LogP contribution in [0.25, 0.3) is 0 Å². The minimum absolute atomic E-state index is 0.324. The summed E-state index contributed by atoms with van der Waals surface area (Å²) in [6.07, 6.45) is 3.77. The molecule has 1 N–H and O–H groups in total. The van der Waals surface area contributed by atoms with Gasteiger partial charge >= 0.3 is 0 Å². The van der Waals surface area contributed by atoms with E-state index in [0.29, 0.717) is 58.3 Å². The van der Waals surface area contributed by atoms with Crippen LogP contribution in [-0.4, -0.2) is 64.3 Å². The minimum atomic E-state index is -0.324. The molecule has 0 unspecified atom stereocenters. The minimum Gasteiger partial charge on any atom is -0.379 e. The van der Waals surface area contributed by atoms with Crippen molar-refractivity contribution in [2.24, 2.45) is 0 Å². The zero-order valence-corrected chi connectivity index (χ0v) is 16.3. The average Bonchev–Trinajstić information content (AvgIpc) is 3.04. The molecule has 2 amide bonds. The molecule has 0 bridgehead atoms. The van der Waals surface area contributed by atoms with Gasteiger partial charge in [-0.2, -0.15) is 0 Å². The van der Waals surface area contributed by atoms with Gasteiger partial charge in [0.25, 0.3) is 11.8 Å². The first-order valence-electron chi connectivity index (χ1n) is 8.95. The van der Waals surface area contributed by atoms with Gasteiger partial charge in [0.2, 0.25) is 0 Å². The largest absolute Gasteiger partial charge is 0.379 e. The molecule has 0 saturated heterocycles. The fourth-order valence-electron chi connectivity index (χ4n) is 2.24. The third-order valence-corrected chi connectivity index (χ3v) is 4.42. The Morgan fingerprint density at radius 1 is 0.857 bits per heavy atom. The number of nitrogens with zero attached hydrogens (tertiary/aromatic N) is 1. The van der Waals surface area contributed by atoms with Crippen molar-refractivity contribution >= 4 is 35.7 Å². The van der Waals surface area contributed by atoms with Crippen molar-refractivity contribution in [3.63, 3.8) is 0 Å². The number of imide groups is 1. The van der Waals surface area contributed by atoms with E-state index in [1.54, 1.807) is 12.1 Å². The van der Waals surface area contributed by atoms with Gasteiger partial charge in [0.15, 0.2) is 0 Å². The molecule has 0 radical (unpaired) electrons. The summed E-state index contributed by atoms with van der Waals surface area (Å²) >= 11 is 1.45. The van der Waals surface area contributed by atoms with Gasteiger partial charge in [-0.3, -0.25) is 14.3 Å². The highest BCUT2D eigenvalue weighted by Crippen LogP contribution is 2.22. The predicted molar refractivity (Wildman–Crippen MR) is 105 cm³/mol. The lowest BCUT2D eigenvalue weighted by Gasteiger charge is -2.14. The number of benzene rings is 1. The second-order valence-corrected chi connectivity index (χ2v) is 6.59. The van der Waals surface area contributed by atoms with Crippen molar-refractivity contribution in [1.82, 2.24) is 4.72 Å². The number of amides is 2. The van der Waals surface area contributed by atoms with Crippen molar-refractivity contribution < 1.29 is 28.6 Å². The Bertz CT molecular complexity index is 647. The number of carbonyl (C=O) groups is 3. The zero-order valence-electron chi connectivity index (χ0n) is 15.5. The predicted octanol–water partition coefficient (Wildman–Crippen LogP) is 1.35. The Morgan fingerprint density at radius 3 is 2.04 bits per heavy atom. The Morgan fingerprint density at radius 2 is 1.43 bits per heavy atom. The smallest absolute Gasteiger partial charge is 0.258 e. The van der Waals surface area contributed by atoms with Crippen LogP contribution in [0.1, 0.15) is 6.42 Å². The summed E-state index contributed by atoms with van der Waals surface area (Å²) < 4.78 is 19.1. The quantitative estimate of drug-likeness (QED) is 0.201. The molecule has 0 spiro atoms. The molecule has 2 rings (SSSR count). The summed E-state index contributed by atoms with van der Waals surface area (Å²) in [6, 6.07) is 7.17. The summed E-state index contributed by atoms with van der Waals surface area (Å²) in [5.41, 5.74) is 0.557. The maximum absolute atomic E-state index is 11.6. The van der Waals surface area contributed by atoms with Crippen LogP contribution in [0.15, 0.2) is 41.3 Å². The maximum Gasteiger partial charge on any atom is 0.258 e. The lowest BCUT2D eigenvalue weighted by atomic mass is 10.3.